The number of hydrogen-bond acceptors (Lipinski definition) is 2. The monoisotopic (exact) mass is 141 g/mol. The van der Waals surface area contributed by atoms with E-state index in [1.165, 1.54) is 0 Å². The number of carbonyl (C=O) groups is 2. The first kappa shape index (κ1) is 8.88. The van der Waals surface area contributed by atoms with E-state index in [9.17, 15) is 9.59 Å². The Kier molecular flexibility index (Phi) is 4.20. The standard InChI is InChI=1S/C7H11NO2/c1-2-3-4-6(9)5-7(8)10/h2H,1,3-5H2,(H2,8,10). The molecule has 0 aliphatic carbocycles. The van der Waals surface area contributed by atoms with Crippen molar-refractivity contribution >= 4 is 11.7 Å². The second-order valence-corrected chi connectivity index (χ2v) is 2.01. The first-order chi connectivity index (χ1) is 4.66. The smallest absolute Gasteiger partial charge is 0.224 e. The average Bonchev–Trinajstić information content (AvgIpc) is 1.82. The molecule has 0 spiro atoms. The molecule has 3 heteroatoms. The molecule has 0 aromatic rings. The molecule has 1 amide bonds. The van der Waals surface area contributed by atoms with Gasteiger partial charge in [-0.05, 0) is 6.42 Å². The van der Waals surface area contributed by atoms with Crippen molar-refractivity contribution in [2.75, 3.05) is 0 Å². The van der Waals surface area contributed by atoms with Gasteiger partial charge in [0.25, 0.3) is 0 Å². The van der Waals surface area contributed by atoms with Gasteiger partial charge in [-0.3, -0.25) is 9.59 Å². The minimum Gasteiger partial charge on any atom is -0.369 e. The van der Waals surface area contributed by atoms with Crippen LogP contribution in [-0.4, -0.2) is 11.7 Å². The molecule has 3 nitrogen and oxygen atoms in total. The fraction of sp³-hybridized carbons (Fsp3) is 0.429. The van der Waals surface area contributed by atoms with Gasteiger partial charge in [-0.1, -0.05) is 6.08 Å². The Hall–Kier alpha value is -1.12. The third-order valence-corrected chi connectivity index (χ3v) is 0.999. The summed E-state index contributed by atoms with van der Waals surface area (Å²) in [5, 5.41) is 0. The third-order valence-electron chi connectivity index (χ3n) is 0.999. The summed E-state index contributed by atoms with van der Waals surface area (Å²) in [6, 6.07) is 0. The quantitative estimate of drug-likeness (QED) is 0.445. The van der Waals surface area contributed by atoms with Gasteiger partial charge in [0.15, 0.2) is 0 Å². The number of rotatable bonds is 5. The van der Waals surface area contributed by atoms with Gasteiger partial charge in [-0.2, -0.15) is 0 Å². The van der Waals surface area contributed by atoms with E-state index in [1.54, 1.807) is 6.08 Å². The van der Waals surface area contributed by atoms with E-state index in [1.807, 2.05) is 0 Å². The van der Waals surface area contributed by atoms with Gasteiger partial charge in [0.05, 0.1) is 6.42 Å². The summed E-state index contributed by atoms with van der Waals surface area (Å²) < 4.78 is 0. The van der Waals surface area contributed by atoms with Crippen molar-refractivity contribution < 1.29 is 9.59 Å². The Morgan fingerprint density at radius 2 is 2.10 bits per heavy atom. The van der Waals surface area contributed by atoms with E-state index in [2.05, 4.69) is 6.58 Å². The van der Waals surface area contributed by atoms with Gasteiger partial charge >= 0.3 is 0 Å². The molecule has 0 radical (unpaired) electrons. The Morgan fingerprint density at radius 3 is 2.50 bits per heavy atom. The van der Waals surface area contributed by atoms with Crippen LogP contribution in [0.4, 0.5) is 0 Å². The van der Waals surface area contributed by atoms with Crippen LogP contribution in [0.5, 0.6) is 0 Å². The van der Waals surface area contributed by atoms with E-state index < -0.39 is 5.91 Å². The van der Waals surface area contributed by atoms with Crippen molar-refractivity contribution in [2.45, 2.75) is 19.3 Å². The van der Waals surface area contributed by atoms with Crippen LogP contribution in [0.25, 0.3) is 0 Å². The number of amides is 1. The molecule has 0 aliphatic rings. The van der Waals surface area contributed by atoms with Gasteiger partial charge in [0, 0.05) is 6.42 Å². The normalized spacial score (nSPS) is 8.80. The van der Waals surface area contributed by atoms with Crippen LogP contribution in [0.1, 0.15) is 19.3 Å². The predicted octanol–water partition coefficient (Wildman–Crippen LogP) is 0.397. The van der Waals surface area contributed by atoms with Gasteiger partial charge in [-0.15, -0.1) is 6.58 Å². The molecule has 0 saturated heterocycles. The maximum Gasteiger partial charge on any atom is 0.224 e. The summed E-state index contributed by atoms with van der Waals surface area (Å²) in [6.45, 7) is 3.44. The van der Waals surface area contributed by atoms with Crippen LogP contribution in [0.3, 0.4) is 0 Å². The zero-order chi connectivity index (χ0) is 7.98. The molecular weight excluding hydrogens is 130 g/mol. The van der Waals surface area contributed by atoms with Crippen molar-refractivity contribution in [2.24, 2.45) is 5.73 Å². The fourth-order valence-corrected chi connectivity index (χ4v) is 0.546. The van der Waals surface area contributed by atoms with Crippen LogP contribution >= 0.6 is 0 Å². The third kappa shape index (κ3) is 5.03. The van der Waals surface area contributed by atoms with Crippen molar-refractivity contribution in [3.05, 3.63) is 12.7 Å². The lowest BCUT2D eigenvalue weighted by molar-refractivity contribution is -0.126. The fourth-order valence-electron chi connectivity index (χ4n) is 0.546. The Labute approximate surface area is 59.9 Å². The number of hydrogen-bond donors (Lipinski definition) is 1. The van der Waals surface area contributed by atoms with Gasteiger partial charge in [-0.25, -0.2) is 0 Å². The lowest BCUT2D eigenvalue weighted by Gasteiger charge is -1.92. The molecule has 56 valence electrons. The summed E-state index contributed by atoms with van der Waals surface area (Å²) in [5.41, 5.74) is 4.78. The number of primary amides is 1. The Bertz CT molecular complexity index is 152. The Balaban J connectivity index is 3.43. The lowest BCUT2D eigenvalue weighted by Crippen LogP contribution is -2.15. The van der Waals surface area contributed by atoms with Crippen LogP contribution in [0.15, 0.2) is 12.7 Å². The van der Waals surface area contributed by atoms with E-state index in [0.717, 1.165) is 0 Å². The first-order valence-corrected chi connectivity index (χ1v) is 3.07. The molecule has 0 rings (SSSR count). The topological polar surface area (TPSA) is 60.2 Å². The van der Waals surface area contributed by atoms with E-state index in [-0.39, 0.29) is 12.2 Å². The molecule has 0 atom stereocenters. The first-order valence-electron chi connectivity index (χ1n) is 3.07. The van der Waals surface area contributed by atoms with E-state index in [4.69, 9.17) is 5.73 Å². The number of allylic oxidation sites excluding steroid dienone is 1. The second-order valence-electron chi connectivity index (χ2n) is 2.01. The second kappa shape index (κ2) is 4.73. The highest BCUT2D eigenvalue weighted by molar-refractivity contribution is 5.97. The molecule has 0 aromatic heterocycles. The van der Waals surface area contributed by atoms with E-state index in [0.29, 0.717) is 12.8 Å². The molecule has 0 aliphatic heterocycles. The number of Topliss-reactive ketones (excluding diaryl/α,β-unsaturated/α-hetero) is 1. The summed E-state index contributed by atoms with van der Waals surface area (Å²) in [7, 11) is 0. The SMILES string of the molecule is C=CCCC(=O)CC(N)=O. The molecule has 0 bridgehead atoms. The summed E-state index contributed by atoms with van der Waals surface area (Å²) in [6.07, 6.45) is 2.48. The van der Waals surface area contributed by atoms with Gasteiger partial charge < -0.3 is 5.73 Å². The van der Waals surface area contributed by atoms with E-state index >= 15 is 0 Å². The molecule has 0 fully saturated rings. The zero-order valence-electron chi connectivity index (χ0n) is 5.80. The highest BCUT2D eigenvalue weighted by Crippen LogP contribution is 1.94. The maximum atomic E-state index is 10.7. The molecule has 2 N–H and O–H groups in total. The van der Waals surface area contributed by atoms with Crippen molar-refractivity contribution in [3.63, 3.8) is 0 Å². The summed E-state index contributed by atoms with van der Waals surface area (Å²) in [5.74, 6) is -0.679. The molecule has 0 saturated carbocycles. The van der Waals surface area contributed by atoms with Crippen molar-refractivity contribution in [1.82, 2.24) is 0 Å². The minimum atomic E-state index is -0.561. The van der Waals surface area contributed by atoms with Crippen molar-refractivity contribution in [3.8, 4) is 0 Å². The number of ketones is 1. The summed E-state index contributed by atoms with van der Waals surface area (Å²) >= 11 is 0. The van der Waals surface area contributed by atoms with Crippen LogP contribution in [-0.2, 0) is 9.59 Å². The van der Waals surface area contributed by atoms with Crippen molar-refractivity contribution in [1.29, 1.82) is 0 Å². The average molecular weight is 141 g/mol. The van der Waals surface area contributed by atoms with Crippen LogP contribution < -0.4 is 5.73 Å². The molecule has 0 aromatic carbocycles. The number of carbonyl (C=O) groups excluding carboxylic acids is 2. The number of nitrogens with two attached hydrogens (primary N) is 1. The molecule has 10 heavy (non-hydrogen) atoms. The largest absolute Gasteiger partial charge is 0.369 e. The van der Waals surface area contributed by atoms with Crippen LogP contribution in [0.2, 0.25) is 0 Å². The van der Waals surface area contributed by atoms with Gasteiger partial charge in [0.1, 0.15) is 5.78 Å². The van der Waals surface area contributed by atoms with Crippen LogP contribution in [0, 0.1) is 0 Å². The molecule has 0 unspecified atom stereocenters. The van der Waals surface area contributed by atoms with Gasteiger partial charge in [0.2, 0.25) is 5.91 Å². The molecular formula is C7H11NO2. The predicted molar refractivity (Wildman–Crippen MR) is 38.2 cm³/mol. The summed E-state index contributed by atoms with van der Waals surface area (Å²) in [4.78, 5) is 20.8. The Morgan fingerprint density at radius 1 is 1.50 bits per heavy atom. The zero-order valence-corrected chi connectivity index (χ0v) is 5.80. The minimum absolute atomic E-state index is 0.118. The molecule has 0 heterocycles. The highest BCUT2D eigenvalue weighted by atomic mass is 16.2. The maximum absolute atomic E-state index is 10.7. The highest BCUT2D eigenvalue weighted by Gasteiger charge is 2.03. The lowest BCUT2D eigenvalue weighted by atomic mass is 10.1.